The van der Waals surface area contributed by atoms with Gasteiger partial charge in [0.1, 0.15) is 5.52 Å². The summed E-state index contributed by atoms with van der Waals surface area (Å²) in [7, 11) is 0. The Morgan fingerprint density at radius 2 is 2.13 bits per heavy atom. The zero-order chi connectivity index (χ0) is 10.5. The molecule has 1 N–H and O–H groups in total. The minimum absolute atomic E-state index is 0.914. The fraction of sp³-hybridized carbons (Fsp3) is 0. The van der Waals surface area contributed by atoms with E-state index in [1.807, 2.05) is 24.3 Å². The maximum absolute atomic E-state index is 3.81. The van der Waals surface area contributed by atoms with Crippen molar-refractivity contribution in [2.75, 3.05) is 0 Å². The van der Waals surface area contributed by atoms with Crippen LogP contribution >= 0.6 is 12.8 Å². The van der Waals surface area contributed by atoms with Crippen LogP contribution in [0.3, 0.4) is 0 Å². The lowest BCUT2D eigenvalue weighted by atomic mass is 10.3. The molecule has 3 rings (SSSR count). The summed E-state index contributed by atoms with van der Waals surface area (Å²) < 4.78 is 1.33. The summed E-state index contributed by atoms with van der Waals surface area (Å²) in [5.74, 6) is 0. The van der Waals surface area contributed by atoms with Gasteiger partial charge in [0.25, 0.3) is 0 Å². The average Bonchev–Trinajstić information content (AvgIpc) is 2.88. The van der Waals surface area contributed by atoms with Gasteiger partial charge in [-0.05, 0) is 24.9 Å². The lowest BCUT2D eigenvalue weighted by Crippen LogP contribution is -1.77. The van der Waals surface area contributed by atoms with Crippen molar-refractivity contribution in [2.24, 2.45) is 0 Å². The second kappa shape index (κ2) is 4.56. The Kier molecular flexibility index (Phi) is 2.93. The van der Waals surface area contributed by atoms with Gasteiger partial charge in [-0.1, -0.05) is 22.6 Å². The zero-order valence-electron chi connectivity index (χ0n) is 7.65. The van der Waals surface area contributed by atoms with Crippen LogP contribution in [0, 0.1) is 0 Å². The monoisotopic (exact) mass is 220 g/mol. The third kappa shape index (κ3) is 2.53. The normalized spacial score (nSPS) is 9.67. The summed E-state index contributed by atoms with van der Waals surface area (Å²) in [5.41, 5.74) is 1.90. The van der Waals surface area contributed by atoms with Crippen LogP contribution in [0.15, 0.2) is 36.7 Å². The second-order valence-corrected chi connectivity index (χ2v) is 3.06. The van der Waals surface area contributed by atoms with E-state index in [0.29, 0.717) is 0 Å². The number of aromatic nitrogens is 6. The number of thiol groups is 1. The number of benzene rings is 1. The van der Waals surface area contributed by atoms with Gasteiger partial charge in [0.05, 0.1) is 17.9 Å². The second-order valence-electron chi connectivity index (χ2n) is 2.65. The molecular weight excluding hydrogens is 212 g/mol. The Morgan fingerprint density at radius 1 is 1.27 bits per heavy atom. The Bertz CT molecular complexity index is 486. The highest BCUT2D eigenvalue weighted by molar-refractivity contribution is 7.78. The molecule has 7 heteroatoms. The number of nitrogens with one attached hydrogen (secondary N) is 1. The van der Waals surface area contributed by atoms with Crippen molar-refractivity contribution < 1.29 is 0 Å². The molecular formula is C8H8N6S. The van der Waals surface area contributed by atoms with Crippen LogP contribution in [0.25, 0.3) is 11.0 Å². The van der Waals surface area contributed by atoms with E-state index in [1.54, 1.807) is 12.4 Å². The first-order chi connectivity index (χ1) is 7.36. The molecule has 3 aromatic rings. The highest BCUT2D eigenvalue weighted by Crippen LogP contribution is 2.03. The van der Waals surface area contributed by atoms with Gasteiger partial charge in [-0.25, -0.2) is 0 Å². The lowest BCUT2D eigenvalue weighted by molar-refractivity contribution is 0.897. The molecule has 0 amide bonds. The number of hydrogen-bond acceptors (Lipinski definition) is 5. The van der Waals surface area contributed by atoms with E-state index in [2.05, 4.69) is 38.5 Å². The van der Waals surface area contributed by atoms with Gasteiger partial charge in [0.2, 0.25) is 0 Å². The molecule has 76 valence electrons. The SMILES string of the molecule is Sn1ccnn1.c1ccc2[nH]nnc2c1. The molecule has 15 heavy (non-hydrogen) atoms. The van der Waals surface area contributed by atoms with Crippen LogP contribution in [-0.4, -0.2) is 29.8 Å². The molecule has 1 aromatic carbocycles. The largest absolute Gasteiger partial charge is 0.258 e. The Balaban J connectivity index is 0.000000124. The number of H-pyrrole nitrogens is 1. The number of nitrogens with zero attached hydrogens (tertiary/aromatic N) is 5. The quantitative estimate of drug-likeness (QED) is 0.553. The maximum atomic E-state index is 3.81. The fourth-order valence-electron chi connectivity index (χ4n) is 0.990. The van der Waals surface area contributed by atoms with Crippen LogP contribution in [-0.2, 0) is 0 Å². The molecule has 0 spiro atoms. The highest BCUT2D eigenvalue weighted by atomic mass is 32.1. The molecule has 0 bridgehead atoms. The molecule has 2 aromatic heterocycles. The molecule has 0 radical (unpaired) electrons. The van der Waals surface area contributed by atoms with Gasteiger partial charge in [-0.2, -0.15) is 4.09 Å². The van der Waals surface area contributed by atoms with Gasteiger partial charge in [-0.3, -0.25) is 5.10 Å². The van der Waals surface area contributed by atoms with E-state index in [9.17, 15) is 0 Å². The molecule has 0 saturated heterocycles. The number of hydrogen-bond donors (Lipinski definition) is 2. The molecule has 0 aliphatic carbocycles. The molecule has 0 aliphatic rings. The van der Waals surface area contributed by atoms with Gasteiger partial charge >= 0.3 is 0 Å². The average molecular weight is 220 g/mol. The molecule has 0 saturated carbocycles. The number of rotatable bonds is 0. The minimum atomic E-state index is 0.914. The Morgan fingerprint density at radius 3 is 2.73 bits per heavy atom. The van der Waals surface area contributed by atoms with Crippen molar-refractivity contribution in [3.05, 3.63) is 36.7 Å². The topological polar surface area (TPSA) is 72.3 Å². The highest BCUT2D eigenvalue weighted by Gasteiger charge is 1.90. The van der Waals surface area contributed by atoms with Crippen molar-refractivity contribution in [2.45, 2.75) is 0 Å². The van der Waals surface area contributed by atoms with Crippen molar-refractivity contribution in [3.63, 3.8) is 0 Å². The van der Waals surface area contributed by atoms with Crippen molar-refractivity contribution in [3.8, 4) is 0 Å². The summed E-state index contributed by atoms with van der Waals surface area (Å²) in [6.07, 6.45) is 3.20. The minimum Gasteiger partial charge on any atom is -0.258 e. The first kappa shape index (κ1) is 9.66. The smallest absolute Gasteiger partial charge is 0.112 e. The first-order valence-electron chi connectivity index (χ1n) is 4.17. The van der Waals surface area contributed by atoms with E-state index < -0.39 is 0 Å². The lowest BCUT2D eigenvalue weighted by Gasteiger charge is -1.79. The van der Waals surface area contributed by atoms with Crippen LogP contribution in [0.5, 0.6) is 0 Å². The Labute approximate surface area is 90.8 Å². The van der Waals surface area contributed by atoms with Crippen LogP contribution in [0.4, 0.5) is 0 Å². The van der Waals surface area contributed by atoms with Crippen molar-refractivity contribution in [1.29, 1.82) is 0 Å². The van der Waals surface area contributed by atoms with Crippen LogP contribution in [0.1, 0.15) is 0 Å². The van der Waals surface area contributed by atoms with E-state index in [1.165, 1.54) is 4.09 Å². The first-order valence-corrected chi connectivity index (χ1v) is 4.57. The maximum Gasteiger partial charge on any atom is 0.112 e. The molecule has 0 fully saturated rings. The molecule has 6 nitrogen and oxygen atoms in total. The predicted octanol–water partition coefficient (Wildman–Crippen LogP) is 0.929. The summed E-state index contributed by atoms with van der Waals surface area (Å²) in [6, 6.07) is 7.74. The van der Waals surface area contributed by atoms with E-state index in [-0.39, 0.29) is 0 Å². The summed E-state index contributed by atoms with van der Waals surface area (Å²) in [6.45, 7) is 0. The third-order valence-electron chi connectivity index (χ3n) is 1.64. The zero-order valence-corrected chi connectivity index (χ0v) is 8.54. The van der Waals surface area contributed by atoms with E-state index in [0.717, 1.165) is 11.0 Å². The molecule has 2 heterocycles. The number of para-hydroxylation sites is 1. The van der Waals surface area contributed by atoms with Crippen LogP contribution < -0.4 is 0 Å². The predicted molar refractivity (Wildman–Crippen MR) is 58.3 cm³/mol. The fourth-order valence-corrected chi connectivity index (χ4v) is 1.10. The Hall–Kier alpha value is -1.89. The summed E-state index contributed by atoms with van der Waals surface area (Å²) in [4.78, 5) is 0. The van der Waals surface area contributed by atoms with Crippen molar-refractivity contribution in [1.82, 2.24) is 29.8 Å². The van der Waals surface area contributed by atoms with Gasteiger partial charge in [0.15, 0.2) is 0 Å². The third-order valence-corrected chi connectivity index (χ3v) is 1.86. The van der Waals surface area contributed by atoms with E-state index in [4.69, 9.17) is 0 Å². The van der Waals surface area contributed by atoms with Gasteiger partial charge in [0, 0.05) is 0 Å². The van der Waals surface area contributed by atoms with Crippen LogP contribution in [0.2, 0.25) is 0 Å². The van der Waals surface area contributed by atoms with Gasteiger partial charge < -0.3 is 0 Å². The molecule has 0 aliphatic heterocycles. The van der Waals surface area contributed by atoms with Crippen molar-refractivity contribution >= 4 is 23.8 Å². The summed E-state index contributed by atoms with van der Waals surface area (Å²) in [5, 5.41) is 17.1. The molecule has 0 unspecified atom stereocenters. The van der Waals surface area contributed by atoms with E-state index >= 15 is 0 Å². The molecule has 0 atom stereocenters. The number of fused-ring (bicyclic) bond motifs is 1. The van der Waals surface area contributed by atoms with Gasteiger partial charge in [-0.15, -0.1) is 10.2 Å². The number of aromatic amines is 1. The standard InChI is InChI=1S/C6H5N3.C2H3N3S/c1-2-4-6-5(3-1)7-9-8-6;6-5-2-1-3-4-5/h1-4H,(H,7,8,9);1-2,6H. The summed E-state index contributed by atoms with van der Waals surface area (Å²) >= 11 is 3.78.